The van der Waals surface area contributed by atoms with E-state index in [4.69, 9.17) is 0 Å². The number of hydrogen-bond donors (Lipinski definition) is 0. The minimum atomic E-state index is 0.360. The molecule has 2 bridgehead atoms. The summed E-state index contributed by atoms with van der Waals surface area (Å²) in [6, 6.07) is 40.7. The van der Waals surface area contributed by atoms with Gasteiger partial charge in [-0.1, -0.05) is 172 Å². The second-order valence-electron chi connectivity index (χ2n) is 15.3. The van der Waals surface area contributed by atoms with Gasteiger partial charge in [0.25, 0.3) is 0 Å². The van der Waals surface area contributed by atoms with Gasteiger partial charge in [0.05, 0.1) is 0 Å². The van der Waals surface area contributed by atoms with Gasteiger partial charge in [0.2, 0.25) is 0 Å². The zero-order valence-corrected chi connectivity index (χ0v) is 29.4. The number of allylic oxidation sites excluding steroid dienone is 10. The summed E-state index contributed by atoms with van der Waals surface area (Å²) in [5, 5.41) is 0. The van der Waals surface area contributed by atoms with Crippen molar-refractivity contribution in [3.8, 4) is 44.5 Å². The van der Waals surface area contributed by atoms with Gasteiger partial charge in [0.1, 0.15) is 0 Å². The Balaban J connectivity index is 1.34. The van der Waals surface area contributed by atoms with Gasteiger partial charge in [-0.15, -0.1) is 0 Å². The highest BCUT2D eigenvalue weighted by atomic mass is 14.5. The molecule has 0 radical (unpaired) electrons. The van der Waals surface area contributed by atoms with Crippen molar-refractivity contribution in [2.45, 2.75) is 32.6 Å². The maximum atomic E-state index is 2.56. The fraction of sp³-hybridized carbons (Fsp3) is 0.176. The van der Waals surface area contributed by atoms with Crippen LogP contribution in [0.4, 0.5) is 0 Å². The van der Waals surface area contributed by atoms with Gasteiger partial charge in [-0.2, -0.15) is 0 Å². The average molecular weight is 655 g/mol. The SMILES string of the molecule is CC(C)C1CC=CC=C1C1=CC=C2c3c(-c4ccccc4)c4c(c(-c5ccccc5)c3C3CC=CC1C23)-c1cccc(c1)-c1ccccc1C=C4. The lowest BCUT2D eigenvalue weighted by atomic mass is 9.65. The predicted molar refractivity (Wildman–Crippen MR) is 217 cm³/mol. The van der Waals surface area contributed by atoms with Crippen molar-refractivity contribution in [3.63, 3.8) is 0 Å². The van der Waals surface area contributed by atoms with Crippen molar-refractivity contribution in [1.29, 1.82) is 0 Å². The van der Waals surface area contributed by atoms with E-state index in [2.05, 4.69) is 178 Å². The Kier molecular flexibility index (Phi) is 7.20. The van der Waals surface area contributed by atoms with Gasteiger partial charge in [0.15, 0.2) is 0 Å². The molecule has 0 heterocycles. The number of benzene rings is 5. The van der Waals surface area contributed by atoms with Crippen molar-refractivity contribution in [1.82, 2.24) is 0 Å². The van der Waals surface area contributed by atoms with Crippen LogP contribution < -0.4 is 0 Å². The van der Waals surface area contributed by atoms with Gasteiger partial charge in [-0.05, 0) is 120 Å². The van der Waals surface area contributed by atoms with E-state index in [1.165, 1.54) is 77.9 Å². The largest absolute Gasteiger partial charge is 0.0873 e. The molecule has 246 valence electrons. The van der Waals surface area contributed by atoms with Gasteiger partial charge in [-0.25, -0.2) is 0 Å². The highest BCUT2D eigenvalue weighted by Crippen LogP contribution is 2.64. The van der Waals surface area contributed by atoms with E-state index >= 15 is 0 Å². The van der Waals surface area contributed by atoms with E-state index in [0.717, 1.165) is 12.8 Å². The van der Waals surface area contributed by atoms with Gasteiger partial charge < -0.3 is 0 Å². The molecule has 5 aromatic rings. The van der Waals surface area contributed by atoms with E-state index in [1.807, 2.05) is 0 Å². The molecule has 5 aliphatic rings. The molecular formula is C51H42. The van der Waals surface area contributed by atoms with Crippen molar-refractivity contribution >= 4 is 17.7 Å². The molecule has 0 spiro atoms. The first-order chi connectivity index (χ1) is 25.2. The van der Waals surface area contributed by atoms with E-state index in [9.17, 15) is 0 Å². The maximum absolute atomic E-state index is 2.56. The summed E-state index contributed by atoms with van der Waals surface area (Å²) in [4.78, 5) is 0. The first kappa shape index (κ1) is 30.4. The van der Waals surface area contributed by atoms with Crippen molar-refractivity contribution < 1.29 is 0 Å². The molecule has 4 atom stereocenters. The molecule has 5 aromatic carbocycles. The van der Waals surface area contributed by atoms with E-state index in [0.29, 0.717) is 29.6 Å². The molecule has 0 aromatic heterocycles. The minimum absolute atomic E-state index is 0.360. The van der Waals surface area contributed by atoms with Crippen LogP contribution in [0, 0.1) is 23.7 Å². The molecule has 0 heteroatoms. The molecule has 51 heavy (non-hydrogen) atoms. The first-order valence-corrected chi connectivity index (χ1v) is 18.9. The molecule has 10 rings (SSSR count). The van der Waals surface area contributed by atoms with Crippen molar-refractivity contribution in [2.75, 3.05) is 0 Å². The molecule has 0 saturated carbocycles. The lowest BCUT2D eigenvalue weighted by Gasteiger charge is -2.39. The fourth-order valence-corrected chi connectivity index (χ4v) is 10.1. The second kappa shape index (κ2) is 12.1. The van der Waals surface area contributed by atoms with Crippen LogP contribution in [0.1, 0.15) is 54.9 Å². The molecule has 0 aliphatic heterocycles. The molecule has 0 fully saturated rings. The molecule has 0 N–H and O–H groups in total. The second-order valence-corrected chi connectivity index (χ2v) is 15.3. The normalized spacial score (nSPS) is 22.1. The standard InChI is InChI=1S/C51H42/c1-32(2)38-22-11-12-24-40(38)41-29-30-45-49-42(41)25-14-26-43(49)51-48(35-18-7-4-8-19-35)47-37-21-13-20-36(31-37)39-23-10-9-15-33(39)27-28-44(47)46(50(45)51)34-16-5-3-6-17-34/h3-21,23-25,27-32,38,42-43,49H,22,26H2,1-2H3. The summed E-state index contributed by atoms with van der Waals surface area (Å²) >= 11 is 0. The lowest BCUT2D eigenvalue weighted by Crippen LogP contribution is -2.27. The molecule has 0 amide bonds. The van der Waals surface area contributed by atoms with Crippen molar-refractivity contribution in [2.24, 2.45) is 23.7 Å². The molecule has 5 aliphatic carbocycles. The predicted octanol–water partition coefficient (Wildman–Crippen LogP) is 13.6. The maximum Gasteiger partial charge on any atom is 0.00957 e. The van der Waals surface area contributed by atoms with Crippen LogP contribution in [0.2, 0.25) is 0 Å². The van der Waals surface area contributed by atoms with Crippen LogP contribution in [-0.2, 0) is 0 Å². The molecule has 0 saturated heterocycles. The third-order valence-electron chi connectivity index (χ3n) is 12.3. The number of hydrogen-bond acceptors (Lipinski definition) is 0. The molecule has 4 unspecified atom stereocenters. The third-order valence-corrected chi connectivity index (χ3v) is 12.3. The van der Waals surface area contributed by atoms with Crippen LogP contribution in [-0.4, -0.2) is 0 Å². The van der Waals surface area contributed by atoms with Gasteiger partial charge in [0, 0.05) is 11.8 Å². The Morgan fingerprint density at radius 2 is 1.24 bits per heavy atom. The average Bonchev–Trinajstić information content (AvgIpc) is 3.53. The Hall–Kier alpha value is -5.46. The van der Waals surface area contributed by atoms with E-state index in [-0.39, 0.29) is 0 Å². The quantitative estimate of drug-likeness (QED) is 0.166. The minimum Gasteiger partial charge on any atom is -0.0873 e. The highest BCUT2D eigenvalue weighted by molar-refractivity contribution is 6.07. The Bertz CT molecular complexity index is 2390. The van der Waals surface area contributed by atoms with Gasteiger partial charge in [-0.3, -0.25) is 0 Å². The van der Waals surface area contributed by atoms with E-state index in [1.54, 1.807) is 5.57 Å². The monoisotopic (exact) mass is 654 g/mol. The highest BCUT2D eigenvalue weighted by Gasteiger charge is 2.48. The summed E-state index contributed by atoms with van der Waals surface area (Å²) in [5.74, 6) is 2.31. The summed E-state index contributed by atoms with van der Waals surface area (Å²) in [5.41, 5.74) is 20.7. The smallest absolute Gasteiger partial charge is 0.00957 e. The first-order valence-electron chi connectivity index (χ1n) is 18.9. The van der Waals surface area contributed by atoms with Crippen LogP contribution >= 0.6 is 0 Å². The van der Waals surface area contributed by atoms with Crippen LogP contribution in [0.25, 0.3) is 62.2 Å². The molecular weight excluding hydrogens is 613 g/mol. The summed E-state index contributed by atoms with van der Waals surface area (Å²) in [6.07, 6.45) is 24.2. The van der Waals surface area contributed by atoms with E-state index < -0.39 is 0 Å². The Labute approximate surface area is 302 Å². The third kappa shape index (κ3) is 4.73. The zero-order chi connectivity index (χ0) is 34.1. The van der Waals surface area contributed by atoms with Crippen LogP contribution in [0.15, 0.2) is 163 Å². The topological polar surface area (TPSA) is 0 Å². The zero-order valence-electron chi connectivity index (χ0n) is 29.4. The summed E-state index contributed by atoms with van der Waals surface area (Å²) < 4.78 is 0. The van der Waals surface area contributed by atoms with Crippen LogP contribution in [0.5, 0.6) is 0 Å². The Morgan fingerprint density at radius 3 is 2.04 bits per heavy atom. The number of fused-ring (bicyclic) bond motifs is 9. The van der Waals surface area contributed by atoms with Crippen LogP contribution in [0.3, 0.4) is 0 Å². The van der Waals surface area contributed by atoms with Gasteiger partial charge >= 0.3 is 0 Å². The number of rotatable bonds is 4. The fourth-order valence-electron chi connectivity index (χ4n) is 10.1. The Morgan fingerprint density at radius 1 is 0.549 bits per heavy atom. The molecule has 0 nitrogen and oxygen atoms in total. The lowest BCUT2D eigenvalue weighted by molar-refractivity contribution is 0.411. The summed E-state index contributed by atoms with van der Waals surface area (Å²) in [7, 11) is 0. The summed E-state index contributed by atoms with van der Waals surface area (Å²) in [6.45, 7) is 4.79. The van der Waals surface area contributed by atoms with Crippen molar-refractivity contribution in [3.05, 3.63) is 185 Å².